The van der Waals surface area contributed by atoms with Gasteiger partial charge in [0.05, 0.1) is 5.41 Å². The summed E-state index contributed by atoms with van der Waals surface area (Å²) in [5.41, 5.74) is 4.56. The number of hydrogen-bond donors (Lipinski definition) is 2. The lowest BCUT2D eigenvalue weighted by molar-refractivity contribution is -0.134. The smallest absolute Gasteiger partial charge is 0.322 e. The zero-order chi connectivity index (χ0) is 20.8. The number of aliphatic carboxylic acids is 1. The predicted octanol–water partition coefficient (Wildman–Crippen LogP) is 5.57. The standard InChI is InChI=1S/C27H23NO2/c29-26(30)20-28-25-19-11-10-18-24(25)27(21-12-4-1-5-13-21,22-14-6-2-7-15-22)23-16-8-3-9-17-23/h1-19,28H,20H2,(H,29,30). The van der Waals surface area contributed by atoms with Gasteiger partial charge in [0, 0.05) is 5.69 Å². The van der Waals surface area contributed by atoms with E-state index >= 15 is 0 Å². The van der Waals surface area contributed by atoms with Gasteiger partial charge in [-0.2, -0.15) is 0 Å². The van der Waals surface area contributed by atoms with Crippen LogP contribution < -0.4 is 5.32 Å². The Bertz CT molecular complexity index is 1010. The normalized spacial score (nSPS) is 11.1. The lowest BCUT2D eigenvalue weighted by atomic mass is 9.64. The summed E-state index contributed by atoms with van der Waals surface area (Å²) < 4.78 is 0. The van der Waals surface area contributed by atoms with E-state index in [1.165, 1.54) is 0 Å². The first kappa shape index (κ1) is 19.5. The molecule has 2 N–H and O–H groups in total. The third-order valence-corrected chi connectivity index (χ3v) is 5.38. The Kier molecular flexibility index (Phi) is 5.62. The van der Waals surface area contributed by atoms with E-state index in [2.05, 4.69) is 47.8 Å². The molecule has 3 nitrogen and oxygen atoms in total. The van der Waals surface area contributed by atoms with Crippen LogP contribution in [0, 0.1) is 0 Å². The molecule has 0 saturated carbocycles. The molecular formula is C27H23NO2. The van der Waals surface area contributed by atoms with Crippen LogP contribution in [-0.4, -0.2) is 17.6 Å². The summed E-state index contributed by atoms with van der Waals surface area (Å²) in [6, 6.07) is 39.1. The summed E-state index contributed by atoms with van der Waals surface area (Å²) in [5.74, 6) is -0.894. The molecule has 0 unspecified atom stereocenters. The molecular weight excluding hydrogens is 370 g/mol. The topological polar surface area (TPSA) is 49.3 Å². The number of nitrogens with one attached hydrogen (secondary N) is 1. The molecule has 0 heterocycles. The average Bonchev–Trinajstić information content (AvgIpc) is 2.81. The van der Waals surface area contributed by atoms with Crippen LogP contribution in [0.3, 0.4) is 0 Å². The molecule has 0 aromatic heterocycles. The maximum atomic E-state index is 11.3. The monoisotopic (exact) mass is 393 g/mol. The van der Waals surface area contributed by atoms with E-state index in [1.807, 2.05) is 72.8 Å². The van der Waals surface area contributed by atoms with E-state index < -0.39 is 11.4 Å². The van der Waals surface area contributed by atoms with Gasteiger partial charge >= 0.3 is 5.97 Å². The van der Waals surface area contributed by atoms with Crippen LogP contribution in [-0.2, 0) is 10.2 Å². The number of carbonyl (C=O) groups is 1. The molecule has 0 spiro atoms. The van der Waals surface area contributed by atoms with E-state index in [4.69, 9.17) is 0 Å². The van der Waals surface area contributed by atoms with Crippen LogP contribution in [0.5, 0.6) is 0 Å². The van der Waals surface area contributed by atoms with Crippen LogP contribution in [0.25, 0.3) is 0 Å². The molecule has 0 atom stereocenters. The Labute approximate surface area is 176 Å². The summed E-state index contributed by atoms with van der Waals surface area (Å²) >= 11 is 0. The highest BCUT2D eigenvalue weighted by atomic mass is 16.4. The maximum absolute atomic E-state index is 11.3. The van der Waals surface area contributed by atoms with Crippen LogP contribution in [0.15, 0.2) is 115 Å². The van der Waals surface area contributed by atoms with Gasteiger partial charge in [-0.3, -0.25) is 4.79 Å². The van der Waals surface area contributed by atoms with E-state index in [-0.39, 0.29) is 6.54 Å². The highest BCUT2D eigenvalue weighted by Gasteiger charge is 2.39. The molecule has 3 heteroatoms. The van der Waals surface area contributed by atoms with Crippen molar-refractivity contribution in [3.8, 4) is 0 Å². The van der Waals surface area contributed by atoms with Crippen molar-refractivity contribution in [3.63, 3.8) is 0 Å². The quantitative estimate of drug-likeness (QED) is 0.404. The molecule has 148 valence electrons. The van der Waals surface area contributed by atoms with Crippen molar-refractivity contribution in [2.45, 2.75) is 5.41 Å². The lowest BCUT2D eigenvalue weighted by Crippen LogP contribution is -2.32. The van der Waals surface area contributed by atoms with Gasteiger partial charge in [-0.15, -0.1) is 0 Å². The number of rotatable bonds is 7. The molecule has 4 rings (SSSR count). The average molecular weight is 393 g/mol. The van der Waals surface area contributed by atoms with Crippen LogP contribution in [0.4, 0.5) is 5.69 Å². The van der Waals surface area contributed by atoms with E-state index in [1.54, 1.807) is 0 Å². The predicted molar refractivity (Wildman–Crippen MR) is 121 cm³/mol. The fourth-order valence-corrected chi connectivity index (χ4v) is 4.17. The van der Waals surface area contributed by atoms with E-state index in [0.29, 0.717) is 0 Å². The van der Waals surface area contributed by atoms with Crippen LogP contribution >= 0.6 is 0 Å². The van der Waals surface area contributed by atoms with Crippen LogP contribution in [0.1, 0.15) is 22.3 Å². The molecule has 4 aromatic rings. The number of para-hydroxylation sites is 1. The number of carboxylic acid groups (broad SMARTS) is 1. The van der Waals surface area contributed by atoms with Crippen molar-refractivity contribution in [2.24, 2.45) is 0 Å². The van der Waals surface area contributed by atoms with Gasteiger partial charge in [-0.1, -0.05) is 109 Å². The fourth-order valence-electron chi connectivity index (χ4n) is 4.17. The second-order valence-electron chi connectivity index (χ2n) is 7.14. The first-order valence-corrected chi connectivity index (χ1v) is 9.94. The van der Waals surface area contributed by atoms with Gasteiger partial charge in [0.25, 0.3) is 0 Å². The van der Waals surface area contributed by atoms with Crippen molar-refractivity contribution in [1.29, 1.82) is 0 Å². The van der Waals surface area contributed by atoms with Crippen molar-refractivity contribution in [2.75, 3.05) is 11.9 Å². The van der Waals surface area contributed by atoms with Gasteiger partial charge in [0.15, 0.2) is 0 Å². The Morgan fingerprint density at radius 3 is 1.47 bits per heavy atom. The number of anilines is 1. The van der Waals surface area contributed by atoms with Gasteiger partial charge in [0.1, 0.15) is 6.54 Å². The lowest BCUT2D eigenvalue weighted by Gasteiger charge is -2.38. The Balaban J connectivity index is 2.08. The SMILES string of the molecule is O=C(O)CNc1ccccc1C(c1ccccc1)(c1ccccc1)c1ccccc1. The third-order valence-electron chi connectivity index (χ3n) is 5.38. The van der Waals surface area contributed by atoms with Gasteiger partial charge < -0.3 is 10.4 Å². The summed E-state index contributed by atoms with van der Waals surface area (Å²) in [4.78, 5) is 11.3. The first-order chi connectivity index (χ1) is 14.7. The van der Waals surface area contributed by atoms with Crippen molar-refractivity contribution < 1.29 is 9.90 Å². The minimum atomic E-state index is -0.894. The first-order valence-electron chi connectivity index (χ1n) is 9.94. The molecule has 30 heavy (non-hydrogen) atoms. The molecule has 0 aliphatic carbocycles. The third kappa shape index (κ3) is 3.58. The van der Waals surface area contributed by atoms with Gasteiger partial charge in [0.2, 0.25) is 0 Å². The molecule has 0 bridgehead atoms. The fraction of sp³-hybridized carbons (Fsp3) is 0.0741. The summed E-state index contributed by atoms with van der Waals surface area (Å²) in [6.45, 7) is -0.147. The molecule has 0 saturated heterocycles. The van der Waals surface area contributed by atoms with Crippen molar-refractivity contribution in [3.05, 3.63) is 138 Å². The van der Waals surface area contributed by atoms with Gasteiger partial charge in [-0.05, 0) is 28.3 Å². The molecule has 0 amide bonds. The number of benzene rings is 4. The van der Waals surface area contributed by atoms with Gasteiger partial charge in [-0.25, -0.2) is 0 Å². The molecule has 0 fully saturated rings. The summed E-state index contributed by atoms with van der Waals surface area (Å²) in [7, 11) is 0. The number of carboxylic acids is 1. The maximum Gasteiger partial charge on any atom is 0.322 e. The second kappa shape index (κ2) is 8.66. The summed E-state index contributed by atoms with van der Waals surface area (Å²) in [5, 5.41) is 12.4. The van der Waals surface area contributed by atoms with Crippen molar-refractivity contribution >= 4 is 11.7 Å². The highest BCUT2D eigenvalue weighted by Crippen LogP contribution is 2.47. The van der Waals surface area contributed by atoms with E-state index in [0.717, 1.165) is 27.9 Å². The van der Waals surface area contributed by atoms with E-state index in [9.17, 15) is 9.90 Å². The molecule has 0 aliphatic heterocycles. The largest absolute Gasteiger partial charge is 0.480 e. The Morgan fingerprint density at radius 1 is 0.633 bits per heavy atom. The second-order valence-corrected chi connectivity index (χ2v) is 7.14. The zero-order valence-electron chi connectivity index (χ0n) is 16.5. The summed E-state index contributed by atoms with van der Waals surface area (Å²) in [6.07, 6.45) is 0. The Morgan fingerprint density at radius 2 is 1.03 bits per heavy atom. The Hall–Kier alpha value is -3.85. The number of hydrogen-bond acceptors (Lipinski definition) is 2. The zero-order valence-corrected chi connectivity index (χ0v) is 16.5. The molecule has 4 aromatic carbocycles. The highest BCUT2D eigenvalue weighted by molar-refractivity contribution is 5.75. The minimum absolute atomic E-state index is 0.147. The van der Waals surface area contributed by atoms with Crippen molar-refractivity contribution in [1.82, 2.24) is 0 Å². The van der Waals surface area contributed by atoms with Crippen LogP contribution in [0.2, 0.25) is 0 Å². The minimum Gasteiger partial charge on any atom is -0.480 e. The molecule has 0 radical (unpaired) electrons. The molecule has 0 aliphatic rings.